The second-order valence-corrected chi connectivity index (χ2v) is 8.49. The first-order valence-electron chi connectivity index (χ1n) is 7.43. The SMILES string of the molecule is CSC[C@H](N)Cc1sc2c(NCc3cccs3)cnnc2c1C. The summed E-state index contributed by atoms with van der Waals surface area (Å²) in [4.78, 5) is 2.63. The average Bonchev–Trinajstić information content (AvgIpc) is 3.15. The van der Waals surface area contributed by atoms with Gasteiger partial charge in [-0.1, -0.05) is 6.07 Å². The molecule has 4 nitrogen and oxygen atoms in total. The van der Waals surface area contributed by atoms with Crippen LogP contribution < -0.4 is 11.1 Å². The zero-order valence-electron chi connectivity index (χ0n) is 13.2. The maximum Gasteiger partial charge on any atom is 0.109 e. The lowest BCUT2D eigenvalue weighted by Gasteiger charge is -2.08. The summed E-state index contributed by atoms with van der Waals surface area (Å²) >= 11 is 5.34. The van der Waals surface area contributed by atoms with Crippen molar-refractivity contribution in [2.45, 2.75) is 25.9 Å². The van der Waals surface area contributed by atoms with E-state index in [1.807, 2.05) is 6.20 Å². The Kier molecular flexibility index (Phi) is 5.53. The van der Waals surface area contributed by atoms with Crippen molar-refractivity contribution in [2.24, 2.45) is 5.73 Å². The third-order valence-electron chi connectivity index (χ3n) is 3.66. The van der Waals surface area contributed by atoms with Crippen LogP contribution in [0.1, 0.15) is 15.3 Å². The van der Waals surface area contributed by atoms with Crippen LogP contribution in [0.4, 0.5) is 5.69 Å². The van der Waals surface area contributed by atoms with Crippen molar-refractivity contribution in [3.63, 3.8) is 0 Å². The monoisotopic (exact) mass is 364 g/mol. The minimum absolute atomic E-state index is 0.187. The number of nitrogens with two attached hydrogens (primary N) is 1. The van der Waals surface area contributed by atoms with Gasteiger partial charge in [-0.25, -0.2) is 0 Å². The van der Waals surface area contributed by atoms with Gasteiger partial charge in [0.1, 0.15) is 5.52 Å². The zero-order chi connectivity index (χ0) is 16.2. The van der Waals surface area contributed by atoms with Crippen molar-refractivity contribution < 1.29 is 0 Å². The fourth-order valence-corrected chi connectivity index (χ4v) is 4.99. The van der Waals surface area contributed by atoms with Gasteiger partial charge in [-0.05, 0) is 36.6 Å². The van der Waals surface area contributed by atoms with Gasteiger partial charge < -0.3 is 11.1 Å². The molecule has 0 fully saturated rings. The fourth-order valence-electron chi connectivity index (χ4n) is 2.48. The van der Waals surface area contributed by atoms with Crippen LogP contribution in [0.15, 0.2) is 23.7 Å². The van der Waals surface area contributed by atoms with Crippen LogP contribution in [0.3, 0.4) is 0 Å². The van der Waals surface area contributed by atoms with E-state index in [2.05, 4.69) is 46.2 Å². The van der Waals surface area contributed by atoms with E-state index in [9.17, 15) is 0 Å². The predicted molar refractivity (Wildman–Crippen MR) is 104 cm³/mol. The minimum atomic E-state index is 0.187. The summed E-state index contributed by atoms with van der Waals surface area (Å²) in [6, 6.07) is 4.39. The molecule has 0 aliphatic carbocycles. The topological polar surface area (TPSA) is 63.8 Å². The predicted octanol–water partition coefficient (Wildman–Crippen LogP) is 3.91. The summed E-state index contributed by atoms with van der Waals surface area (Å²) < 4.78 is 1.18. The fraction of sp³-hybridized carbons (Fsp3) is 0.375. The van der Waals surface area contributed by atoms with Crippen LogP contribution in [0.25, 0.3) is 10.2 Å². The van der Waals surface area contributed by atoms with E-state index in [-0.39, 0.29) is 6.04 Å². The van der Waals surface area contributed by atoms with Crippen molar-refractivity contribution in [1.82, 2.24) is 10.2 Å². The number of rotatable bonds is 7. The molecule has 0 saturated carbocycles. The Labute approximate surface area is 148 Å². The van der Waals surface area contributed by atoms with E-state index >= 15 is 0 Å². The van der Waals surface area contributed by atoms with E-state index in [0.29, 0.717) is 0 Å². The Morgan fingerprint density at radius 2 is 2.30 bits per heavy atom. The maximum atomic E-state index is 6.20. The molecule has 23 heavy (non-hydrogen) atoms. The molecule has 0 aromatic carbocycles. The van der Waals surface area contributed by atoms with Gasteiger partial charge >= 0.3 is 0 Å². The number of fused-ring (bicyclic) bond motifs is 1. The Morgan fingerprint density at radius 3 is 3.04 bits per heavy atom. The lowest BCUT2D eigenvalue weighted by Crippen LogP contribution is -2.25. The number of aromatic nitrogens is 2. The molecule has 3 aromatic rings. The molecule has 122 valence electrons. The van der Waals surface area contributed by atoms with Gasteiger partial charge in [-0.3, -0.25) is 0 Å². The molecule has 0 aliphatic heterocycles. The zero-order valence-corrected chi connectivity index (χ0v) is 15.7. The summed E-state index contributed by atoms with van der Waals surface area (Å²) in [5.41, 5.74) is 9.47. The molecule has 3 N–H and O–H groups in total. The largest absolute Gasteiger partial charge is 0.378 e. The number of aryl methyl sites for hydroxylation is 1. The quantitative estimate of drug-likeness (QED) is 0.665. The molecular formula is C16H20N4S3. The molecule has 0 spiro atoms. The van der Waals surface area contributed by atoms with E-state index in [1.165, 1.54) is 20.0 Å². The normalized spacial score (nSPS) is 12.7. The Hall–Kier alpha value is -1.15. The van der Waals surface area contributed by atoms with Crippen molar-refractivity contribution >= 4 is 50.3 Å². The van der Waals surface area contributed by atoms with E-state index in [1.54, 1.807) is 34.4 Å². The van der Waals surface area contributed by atoms with E-state index < -0.39 is 0 Å². The minimum Gasteiger partial charge on any atom is -0.378 e. The first-order valence-corrected chi connectivity index (χ1v) is 10.5. The maximum absolute atomic E-state index is 6.20. The van der Waals surface area contributed by atoms with Gasteiger partial charge in [0.25, 0.3) is 0 Å². The average molecular weight is 365 g/mol. The molecule has 1 atom stereocenters. The Balaban J connectivity index is 1.85. The van der Waals surface area contributed by atoms with Crippen LogP contribution >= 0.6 is 34.4 Å². The van der Waals surface area contributed by atoms with Gasteiger partial charge in [0.05, 0.1) is 16.6 Å². The number of thioether (sulfide) groups is 1. The van der Waals surface area contributed by atoms with Crippen LogP contribution in [-0.2, 0) is 13.0 Å². The highest BCUT2D eigenvalue weighted by Crippen LogP contribution is 2.34. The summed E-state index contributed by atoms with van der Waals surface area (Å²) in [5.74, 6) is 0.975. The highest BCUT2D eigenvalue weighted by molar-refractivity contribution is 7.98. The Morgan fingerprint density at radius 1 is 1.43 bits per heavy atom. The van der Waals surface area contributed by atoms with Crippen molar-refractivity contribution in [2.75, 3.05) is 17.3 Å². The van der Waals surface area contributed by atoms with Gasteiger partial charge in [-0.15, -0.1) is 27.8 Å². The van der Waals surface area contributed by atoms with Crippen molar-refractivity contribution in [3.8, 4) is 0 Å². The van der Waals surface area contributed by atoms with Gasteiger partial charge in [-0.2, -0.15) is 16.9 Å². The second-order valence-electron chi connectivity index (χ2n) is 5.44. The lowest BCUT2D eigenvalue weighted by molar-refractivity contribution is 0.755. The molecule has 0 radical (unpaired) electrons. The van der Waals surface area contributed by atoms with Gasteiger partial charge in [0, 0.05) is 28.1 Å². The smallest absolute Gasteiger partial charge is 0.109 e. The van der Waals surface area contributed by atoms with Gasteiger partial charge in [0.15, 0.2) is 0 Å². The second kappa shape index (κ2) is 7.61. The van der Waals surface area contributed by atoms with E-state index in [0.717, 1.165) is 29.9 Å². The Bertz CT molecular complexity index is 767. The van der Waals surface area contributed by atoms with Crippen LogP contribution in [0.5, 0.6) is 0 Å². The molecule has 7 heteroatoms. The number of anilines is 1. The van der Waals surface area contributed by atoms with Gasteiger partial charge in [0.2, 0.25) is 0 Å². The molecule has 0 unspecified atom stereocenters. The first kappa shape index (κ1) is 16.7. The summed E-state index contributed by atoms with van der Waals surface area (Å²) in [5, 5.41) is 14.1. The first-order chi connectivity index (χ1) is 11.2. The number of nitrogens with zero attached hydrogens (tertiary/aromatic N) is 2. The number of nitrogens with one attached hydrogen (secondary N) is 1. The summed E-state index contributed by atoms with van der Waals surface area (Å²) in [6.45, 7) is 2.94. The van der Waals surface area contributed by atoms with Crippen LogP contribution in [0.2, 0.25) is 0 Å². The highest BCUT2D eigenvalue weighted by atomic mass is 32.2. The molecular weight excluding hydrogens is 344 g/mol. The summed E-state index contributed by atoms with van der Waals surface area (Å²) in [7, 11) is 0. The molecule has 0 aliphatic rings. The van der Waals surface area contributed by atoms with E-state index in [4.69, 9.17) is 5.73 Å². The molecule has 0 saturated heterocycles. The number of thiophene rings is 2. The highest BCUT2D eigenvalue weighted by Gasteiger charge is 2.15. The third kappa shape index (κ3) is 3.85. The summed E-state index contributed by atoms with van der Waals surface area (Å²) in [6.07, 6.45) is 4.81. The standard InChI is InChI=1S/C16H20N4S3/c1-10-14(6-11(17)9-21-2)23-16-13(8-19-20-15(10)16)18-7-12-4-3-5-22-12/h3-5,8,11H,6-7,9,17H2,1-2H3,(H,18,20)/t11-/m1/s1. The third-order valence-corrected chi connectivity index (χ3v) is 6.64. The molecule has 3 aromatic heterocycles. The number of hydrogen-bond acceptors (Lipinski definition) is 7. The van der Waals surface area contributed by atoms with Crippen molar-refractivity contribution in [3.05, 3.63) is 39.0 Å². The molecule has 3 rings (SSSR count). The molecule has 0 bridgehead atoms. The molecule has 3 heterocycles. The van der Waals surface area contributed by atoms with Crippen LogP contribution in [-0.4, -0.2) is 28.2 Å². The molecule has 0 amide bonds. The lowest BCUT2D eigenvalue weighted by atomic mass is 10.1. The number of hydrogen-bond donors (Lipinski definition) is 2. The van der Waals surface area contributed by atoms with Crippen molar-refractivity contribution in [1.29, 1.82) is 0 Å². The van der Waals surface area contributed by atoms with Crippen LogP contribution in [0, 0.1) is 6.92 Å².